The molecule has 0 bridgehead atoms. The monoisotopic (exact) mass is 566 g/mol. The predicted molar refractivity (Wildman–Crippen MR) is 140 cm³/mol. The molecule has 0 amide bonds. The summed E-state index contributed by atoms with van der Waals surface area (Å²) in [6.07, 6.45) is -3.44. The van der Waals surface area contributed by atoms with Gasteiger partial charge in [-0.15, -0.1) is 0 Å². The summed E-state index contributed by atoms with van der Waals surface area (Å²) in [5, 5.41) is 32.6. The first-order chi connectivity index (χ1) is 19.2. The third-order valence-corrected chi connectivity index (χ3v) is 8.58. The fraction of sp³-hybridized carbons (Fsp3) is 0.467. The summed E-state index contributed by atoms with van der Waals surface area (Å²) >= 11 is 0. The van der Waals surface area contributed by atoms with E-state index in [9.17, 15) is 34.5 Å². The van der Waals surface area contributed by atoms with Gasteiger partial charge in [0.2, 0.25) is 0 Å². The average Bonchev–Trinajstić information content (AvgIpc) is 3.39. The second-order valence-corrected chi connectivity index (χ2v) is 11.9. The molecule has 216 valence electrons. The number of cyclic esters (lactones) is 2. The Balaban J connectivity index is 1.45. The maximum absolute atomic E-state index is 13.5. The molecule has 0 radical (unpaired) electrons. The van der Waals surface area contributed by atoms with E-state index in [-0.39, 0.29) is 77.1 Å². The first-order valence-corrected chi connectivity index (χ1v) is 13.5. The molecule has 2 fully saturated rings. The zero-order chi connectivity index (χ0) is 29.6. The summed E-state index contributed by atoms with van der Waals surface area (Å²) in [7, 11) is 0. The summed E-state index contributed by atoms with van der Waals surface area (Å²) in [6.45, 7) is 6.72. The van der Waals surface area contributed by atoms with Gasteiger partial charge in [-0.05, 0) is 44.5 Å². The van der Waals surface area contributed by atoms with E-state index < -0.39 is 52.8 Å². The van der Waals surface area contributed by atoms with E-state index in [2.05, 4.69) is 0 Å². The lowest BCUT2D eigenvalue weighted by molar-refractivity contribution is -0.152. The molecule has 2 saturated heterocycles. The Morgan fingerprint density at radius 1 is 0.829 bits per heavy atom. The number of aryl methyl sites for hydroxylation is 1. The van der Waals surface area contributed by atoms with Crippen LogP contribution in [-0.2, 0) is 19.1 Å². The third kappa shape index (κ3) is 4.05. The van der Waals surface area contributed by atoms with Gasteiger partial charge in [0.05, 0.1) is 25.7 Å². The standard InChI is InChI=1S/C30H30O11/c1-12-7-15(31)23-17(33)10-30(4,28-16(32)9-21(36)39-28)41-26(23)22(12)14-5-6-19-24(25(14)37)18(34)11-29(3,40-19)27-13(2)8-20(35)38-27/h5-7,13,16,27-28,31-32,37H,8-11H2,1-4H3/t13-,16?,27+,28+,29+,30-/m0/s1. The summed E-state index contributed by atoms with van der Waals surface area (Å²) in [5.74, 6) is -2.76. The van der Waals surface area contributed by atoms with E-state index in [1.807, 2.05) is 6.92 Å². The Labute approximate surface area is 235 Å². The van der Waals surface area contributed by atoms with Crippen LogP contribution in [-0.4, -0.2) is 68.3 Å². The van der Waals surface area contributed by atoms with Gasteiger partial charge in [0.1, 0.15) is 46.3 Å². The Kier molecular flexibility index (Phi) is 5.90. The van der Waals surface area contributed by atoms with Crippen LogP contribution in [0.2, 0.25) is 0 Å². The van der Waals surface area contributed by atoms with Crippen LogP contribution in [0.25, 0.3) is 11.1 Å². The van der Waals surface area contributed by atoms with E-state index in [1.165, 1.54) is 25.1 Å². The number of carbonyl (C=O) groups excluding carboxylic acids is 4. The highest BCUT2D eigenvalue weighted by Crippen LogP contribution is 2.53. The Bertz CT molecular complexity index is 1540. The maximum Gasteiger partial charge on any atom is 0.309 e. The first kappa shape index (κ1) is 27.1. The molecule has 1 unspecified atom stereocenters. The second-order valence-electron chi connectivity index (χ2n) is 11.9. The normalized spacial score (nSPS) is 32.5. The minimum Gasteiger partial charge on any atom is -0.507 e. The van der Waals surface area contributed by atoms with Crippen molar-refractivity contribution in [2.24, 2.45) is 5.92 Å². The molecular weight excluding hydrogens is 536 g/mol. The van der Waals surface area contributed by atoms with Crippen LogP contribution in [0.1, 0.15) is 72.7 Å². The molecule has 41 heavy (non-hydrogen) atoms. The molecule has 0 spiro atoms. The van der Waals surface area contributed by atoms with E-state index in [0.29, 0.717) is 5.56 Å². The van der Waals surface area contributed by atoms with E-state index >= 15 is 0 Å². The maximum atomic E-state index is 13.5. The number of carbonyl (C=O) groups is 4. The van der Waals surface area contributed by atoms with Gasteiger partial charge in [0.15, 0.2) is 28.9 Å². The van der Waals surface area contributed by atoms with Crippen molar-refractivity contribution < 1.29 is 53.4 Å². The van der Waals surface area contributed by atoms with Crippen molar-refractivity contribution in [1.82, 2.24) is 0 Å². The third-order valence-electron chi connectivity index (χ3n) is 8.58. The number of phenols is 2. The minimum atomic E-state index is -1.47. The van der Waals surface area contributed by atoms with Crippen LogP contribution in [0.5, 0.6) is 23.0 Å². The van der Waals surface area contributed by atoms with Gasteiger partial charge in [-0.2, -0.15) is 0 Å². The molecule has 11 heteroatoms. The molecule has 4 aliphatic rings. The number of hydrogen-bond acceptors (Lipinski definition) is 11. The van der Waals surface area contributed by atoms with Crippen molar-refractivity contribution in [3.8, 4) is 34.1 Å². The smallest absolute Gasteiger partial charge is 0.309 e. The van der Waals surface area contributed by atoms with E-state index in [1.54, 1.807) is 13.8 Å². The zero-order valence-electron chi connectivity index (χ0n) is 23.0. The molecule has 2 aromatic rings. The summed E-state index contributed by atoms with van der Waals surface area (Å²) < 4.78 is 23.3. The van der Waals surface area contributed by atoms with E-state index in [0.717, 1.165) is 0 Å². The number of benzene rings is 2. The number of Topliss-reactive ketones (excluding diaryl/α,β-unsaturated/α-hetero) is 2. The highest BCUT2D eigenvalue weighted by molar-refractivity contribution is 6.08. The molecule has 4 heterocycles. The number of phenolic OH excluding ortho intramolecular Hbond substituents is 2. The van der Waals surface area contributed by atoms with Crippen molar-refractivity contribution in [2.45, 2.75) is 82.9 Å². The van der Waals surface area contributed by atoms with E-state index in [4.69, 9.17) is 18.9 Å². The van der Waals surface area contributed by atoms with Gasteiger partial charge >= 0.3 is 11.9 Å². The molecule has 6 atom stereocenters. The molecule has 2 aromatic carbocycles. The lowest BCUT2D eigenvalue weighted by Crippen LogP contribution is -2.53. The highest BCUT2D eigenvalue weighted by Gasteiger charge is 2.54. The first-order valence-electron chi connectivity index (χ1n) is 13.5. The van der Waals surface area contributed by atoms with Crippen molar-refractivity contribution in [2.75, 3.05) is 0 Å². The Morgan fingerprint density at radius 3 is 2.05 bits per heavy atom. The molecule has 11 nitrogen and oxygen atoms in total. The van der Waals surface area contributed by atoms with Crippen LogP contribution < -0.4 is 9.47 Å². The fourth-order valence-corrected chi connectivity index (χ4v) is 6.77. The Morgan fingerprint density at radius 2 is 1.44 bits per heavy atom. The Hall–Kier alpha value is -4.12. The molecule has 0 aliphatic carbocycles. The summed E-state index contributed by atoms with van der Waals surface area (Å²) in [5.41, 5.74) is -1.96. The van der Waals surface area contributed by atoms with Gasteiger partial charge in [0.25, 0.3) is 0 Å². The summed E-state index contributed by atoms with van der Waals surface area (Å²) in [6, 6.07) is 4.40. The summed E-state index contributed by atoms with van der Waals surface area (Å²) in [4.78, 5) is 50.6. The highest BCUT2D eigenvalue weighted by atomic mass is 16.6. The van der Waals surface area contributed by atoms with Crippen LogP contribution in [0.15, 0.2) is 18.2 Å². The van der Waals surface area contributed by atoms with Crippen molar-refractivity contribution >= 4 is 23.5 Å². The molecule has 4 aliphatic heterocycles. The van der Waals surface area contributed by atoms with Crippen molar-refractivity contribution in [3.05, 3.63) is 34.9 Å². The van der Waals surface area contributed by atoms with Crippen molar-refractivity contribution in [1.29, 1.82) is 0 Å². The number of fused-ring (bicyclic) bond motifs is 2. The number of ketones is 2. The quantitative estimate of drug-likeness (QED) is 0.467. The largest absolute Gasteiger partial charge is 0.507 e. The topological polar surface area (TPSA) is 166 Å². The van der Waals surface area contributed by atoms with Crippen LogP contribution >= 0.6 is 0 Å². The molecule has 6 rings (SSSR count). The zero-order valence-corrected chi connectivity index (χ0v) is 23.0. The number of aliphatic hydroxyl groups excluding tert-OH is 1. The molecular formula is C30H30O11. The van der Waals surface area contributed by atoms with Gasteiger partial charge < -0.3 is 34.3 Å². The number of ether oxygens (including phenoxy) is 4. The molecule has 0 aromatic heterocycles. The van der Waals surface area contributed by atoms with Gasteiger partial charge in [-0.1, -0.05) is 6.92 Å². The van der Waals surface area contributed by atoms with Gasteiger partial charge in [0, 0.05) is 17.0 Å². The number of hydrogen-bond donors (Lipinski definition) is 3. The minimum absolute atomic E-state index is 0.0626. The number of rotatable bonds is 3. The SMILES string of the molecule is Cc1cc(O)c2c(c1-c1ccc3c(c1O)C(=O)C[C@](C)([C@@H]1OC(=O)C[C@@H]1C)O3)O[C@](C)([C@@H]1OC(=O)CC1O)CC2=O. The average molecular weight is 567 g/mol. The number of aromatic hydroxyl groups is 2. The molecule has 0 saturated carbocycles. The molecule has 3 N–H and O–H groups in total. The van der Waals surface area contributed by atoms with Crippen LogP contribution in [0.3, 0.4) is 0 Å². The van der Waals surface area contributed by atoms with Gasteiger partial charge in [-0.25, -0.2) is 0 Å². The predicted octanol–water partition coefficient (Wildman–Crippen LogP) is 3.15. The number of aliphatic hydroxyl groups is 1. The lowest BCUT2D eigenvalue weighted by Gasteiger charge is -2.41. The van der Waals surface area contributed by atoms with Crippen molar-refractivity contribution in [3.63, 3.8) is 0 Å². The lowest BCUT2D eigenvalue weighted by atomic mass is 9.80. The fourth-order valence-electron chi connectivity index (χ4n) is 6.77. The van der Waals surface area contributed by atoms with Crippen LogP contribution in [0.4, 0.5) is 0 Å². The number of esters is 2. The second kappa shape index (κ2) is 8.94. The van der Waals surface area contributed by atoms with Gasteiger partial charge in [-0.3, -0.25) is 19.2 Å². The van der Waals surface area contributed by atoms with Crippen LogP contribution in [0, 0.1) is 12.8 Å².